The van der Waals surface area contributed by atoms with Gasteiger partial charge >= 0.3 is 0 Å². The Balaban J connectivity index is 1.44. The van der Waals surface area contributed by atoms with Gasteiger partial charge in [0.05, 0.1) is 40.0 Å². The molecule has 0 aliphatic heterocycles. The summed E-state index contributed by atoms with van der Waals surface area (Å²) in [6.07, 6.45) is 4.56. The van der Waals surface area contributed by atoms with Crippen LogP contribution in [-0.2, 0) is 4.79 Å². The second kappa shape index (κ2) is 8.59. The quantitative estimate of drug-likeness (QED) is 0.253. The molecule has 6 rings (SSSR count). The summed E-state index contributed by atoms with van der Waals surface area (Å²) in [5.74, 6) is -0.274. The summed E-state index contributed by atoms with van der Waals surface area (Å²) < 4.78 is 16.0. The van der Waals surface area contributed by atoms with Gasteiger partial charge < -0.3 is 10.3 Å². The van der Waals surface area contributed by atoms with Crippen molar-refractivity contribution < 1.29 is 9.18 Å². The summed E-state index contributed by atoms with van der Waals surface area (Å²) in [5, 5.41) is 14.4. The van der Waals surface area contributed by atoms with Gasteiger partial charge in [0.1, 0.15) is 11.4 Å². The Kier molecular flexibility index (Phi) is 5.34. The number of nitrogens with zero attached hydrogens (tertiary/aromatic N) is 4. The number of hydrogen-bond donors (Lipinski definition) is 3. The first kappa shape index (κ1) is 23.0. The van der Waals surface area contributed by atoms with E-state index in [1.807, 2.05) is 50.4 Å². The van der Waals surface area contributed by atoms with Crippen molar-refractivity contribution >= 4 is 44.9 Å². The van der Waals surface area contributed by atoms with Crippen LogP contribution in [0.4, 0.5) is 10.1 Å². The molecule has 0 saturated heterocycles. The van der Waals surface area contributed by atoms with Crippen LogP contribution in [0.25, 0.3) is 55.8 Å². The number of carbonyl (C=O) groups excluding carboxylic acids is 1. The smallest absolute Gasteiger partial charge is 0.229 e. The summed E-state index contributed by atoms with van der Waals surface area (Å²) in [7, 11) is 0. The highest BCUT2D eigenvalue weighted by atomic mass is 32.1. The average molecular weight is 512 g/mol. The number of anilines is 1. The van der Waals surface area contributed by atoms with Gasteiger partial charge in [-0.3, -0.25) is 19.9 Å². The Morgan fingerprint density at radius 2 is 1.92 bits per heavy atom. The minimum absolute atomic E-state index is 0.101. The van der Waals surface area contributed by atoms with Crippen LogP contribution in [0.15, 0.2) is 59.7 Å². The molecule has 8 nitrogen and oxygen atoms in total. The number of benzene rings is 1. The minimum Gasteiger partial charge on any atom is -0.337 e. The van der Waals surface area contributed by atoms with E-state index >= 15 is 4.39 Å². The van der Waals surface area contributed by atoms with Crippen molar-refractivity contribution in [2.75, 3.05) is 5.32 Å². The molecule has 1 aromatic carbocycles. The highest BCUT2D eigenvalue weighted by Crippen LogP contribution is 2.35. The first-order valence-electron chi connectivity index (χ1n) is 11.6. The van der Waals surface area contributed by atoms with E-state index in [1.165, 1.54) is 18.6 Å². The number of halogens is 1. The van der Waals surface area contributed by atoms with Crippen LogP contribution in [-0.4, -0.2) is 36.0 Å². The maximum absolute atomic E-state index is 16.0. The molecule has 0 aliphatic carbocycles. The van der Waals surface area contributed by atoms with Gasteiger partial charge in [0.25, 0.3) is 0 Å². The van der Waals surface area contributed by atoms with Crippen LogP contribution in [0.5, 0.6) is 0 Å². The van der Waals surface area contributed by atoms with E-state index in [0.717, 1.165) is 22.2 Å². The molecular formula is C27H22FN7OS. The fourth-order valence-electron chi connectivity index (χ4n) is 4.10. The molecule has 5 aromatic heterocycles. The number of hydrogen-bond acceptors (Lipinski definition) is 6. The van der Waals surface area contributed by atoms with E-state index in [9.17, 15) is 4.79 Å². The molecule has 6 aromatic rings. The number of amides is 1. The summed E-state index contributed by atoms with van der Waals surface area (Å²) in [4.78, 5) is 29.0. The van der Waals surface area contributed by atoms with E-state index in [2.05, 4.69) is 35.8 Å². The van der Waals surface area contributed by atoms with Crippen LogP contribution in [0.2, 0.25) is 0 Å². The van der Waals surface area contributed by atoms with Gasteiger partial charge in [-0.15, -0.1) is 0 Å². The van der Waals surface area contributed by atoms with Gasteiger partial charge in [-0.1, -0.05) is 32.9 Å². The number of aromatic nitrogens is 6. The van der Waals surface area contributed by atoms with Crippen LogP contribution >= 0.6 is 11.3 Å². The number of para-hydroxylation sites is 1. The summed E-state index contributed by atoms with van der Waals surface area (Å²) in [6.45, 7) is 5.45. The van der Waals surface area contributed by atoms with Crippen molar-refractivity contribution in [1.29, 1.82) is 0 Å². The number of thiophene rings is 1. The third kappa shape index (κ3) is 4.05. The van der Waals surface area contributed by atoms with Crippen molar-refractivity contribution in [2.45, 2.75) is 20.8 Å². The van der Waals surface area contributed by atoms with Crippen LogP contribution in [0, 0.1) is 11.2 Å². The number of aromatic amines is 2. The zero-order chi connectivity index (χ0) is 25.7. The second-order valence-electron chi connectivity index (χ2n) is 9.75. The van der Waals surface area contributed by atoms with E-state index in [1.54, 1.807) is 17.4 Å². The SMILES string of the molecule is CC(C)(C)C(=O)Nc1cncc(-c2ncc3[nH]nc(-c4nc5c(-c6ccsc6)cccc5[nH]4)c3c2F)c1. The predicted octanol–water partition coefficient (Wildman–Crippen LogP) is 6.42. The van der Waals surface area contributed by atoms with Gasteiger partial charge in [0, 0.05) is 22.7 Å². The molecule has 5 heterocycles. The van der Waals surface area contributed by atoms with Crippen molar-refractivity contribution in [3.05, 3.63) is 65.5 Å². The largest absolute Gasteiger partial charge is 0.337 e. The predicted molar refractivity (Wildman–Crippen MR) is 144 cm³/mol. The standard InChI is InChI=1S/C27H22FN7OS/c1-27(2,3)26(36)31-16-9-15(10-29-11-16)22-21(28)20-19(12-30-22)34-35-24(20)25-32-18-6-4-5-17(23(18)33-25)14-7-8-37-13-14/h4-13H,1-3H3,(H,31,36)(H,32,33)(H,34,35). The molecule has 0 unspecified atom stereocenters. The fraction of sp³-hybridized carbons (Fsp3) is 0.148. The van der Waals surface area contributed by atoms with E-state index in [0.29, 0.717) is 28.3 Å². The number of fused-ring (bicyclic) bond motifs is 2. The average Bonchev–Trinajstić information content (AvgIpc) is 3.63. The third-order valence-corrected chi connectivity index (χ3v) is 6.75. The zero-order valence-corrected chi connectivity index (χ0v) is 21.1. The maximum atomic E-state index is 16.0. The molecule has 0 radical (unpaired) electrons. The highest BCUT2D eigenvalue weighted by molar-refractivity contribution is 7.08. The van der Waals surface area contributed by atoms with Gasteiger partial charge in [-0.05, 0) is 34.5 Å². The molecule has 37 heavy (non-hydrogen) atoms. The normalized spacial score (nSPS) is 11.9. The fourth-order valence-corrected chi connectivity index (χ4v) is 4.76. The van der Waals surface area contributed by atoms with Gasteiger partial charge in [0.15, 0.2) is 11.6 Å². The number of nitrogens with one attached hydrogen (secondary N) is 3. The molecular weight excluding hydrogens is 489 g/mol. The molecule has 0 atom stereocenters. The number of carbonyl (C=O) groups is 1. The van der Waals surface area contributed by atoms with Gasteiger partial charge in [-0.25, -0.2) is 9.37 Å². The Bertz CT molecular complexity index is 1780. The van der Waals surface area contributed by atoms with Crippen LogP contribution in [0.3, 0.4) is 0 Å². The lowest BCUT2D eigenvalue weighted by Gasteiger charge is -2.17. The van der Waals surface area contributed by atoms with Crippen molar-refractivity contribution in [3.8, 4) is 33.9 Å². The van der Waals surface area contributed by atoms with Crippen molar-refractivity contribution in [2.24, 2.45) is 5.41 Å². The second-order valence-corrected chi connectivity index (χ2v) is 10.5. The molecule has 10 heteroatoms. The molecule has 0 aliphatic rings. The topological polar surface area (TPSA) is 112 Å². The molecule has 1 amide bonds. The summed E-state index contributed by atoms with van der Waals surface area (Å²) >= 11 is 1.62. The number of H-pyrrole nitrogens is 2. The number of imidazole rings is 1. The van der Waals surface area contributed by atoms with Crippen LogP contribution in [0.1, 0.15) is 20.8 Å². The lowest BCUT2D eigenvalue weighted by atomic mass is 9.95. The van der Waals surface area contributed by atoms with Crippen molar-refractivity contribution in [1.82, 2.24) is 30.1 Å². The lowest BCUT2D eigenvalue weighted by Crippen LogP contribution is -2.27. The number of rotatable bonds is 4. The lowest BCUT2D eigenvalue weighted by molar-refractivity contribution is -0.123. The monoisotopic (exact) mass is 511 g/mol. The summed E-state index contributed by atoms with van der Waals surface area (Å²) in [5.41, 5.74) is 4.89. The molecule has 3 N–H and O–H groups in total. The Morgan fingerprint density at radius 1 is 1.05 bits per heavy atom. The molecule has 0 fully saturated rings. The van der Waals surface area contributed by atoms with E-state index in [4.69, 9.17) is 4.98 Å². The van der Waals surface area contributed by atoms with Crippen molar-refractivity contribution in [3.63, 3.8) is 0 Å². The van der Waals surface area contributed by atoms with Crippen LogP contribution < -0.4 is 5.32 Å². The zero-order valence-electron chi connectivity index (χ0n) is 20.3. The van der Waals surface area contributed by atoms with Gasteiger partial charge in [-0.2, -0.15) is 16.4 Å². The third-order valence-electron chi connectivity index (χ3n) is 6.06. The van der Waals surface area contributed by atoms with Gasteiger partial charge in [0.2, 0.25) is 5.91 Å². The molecule has 0 spiro atoms. The molecule has 0 bridgehead atoms. The Hall–Kier alpha value is -4.44. The summed E-state index contributed by atoms with van der Waals surface area (Å²) in [6, 6.07) is 9.60. The first-order valence-corrected chi connectivity index (χ1v) is 12.5. The first-order chi connectivity index (χ1) is 17.8. The number of pyridine rings is 2. The van der Waals surface area contributed by atoms with E-state index < -0.39 is 11.2 Å². The molecule has 0 saturated carbocycles. The van der Waals surface area contributed by atoms with E-state index in [-0.39, 0.29) is 17.0 Å². The molecule has 184 valence electrons. The maximum Gasteiger partial charge on any atom is 0.229 e. The highest BCUT2D eigenvalue weighted by Gasteiger charge is 2.23. The Morgan fingerprint density at radius 3 is 2.70 bits per heavy atom. The minimum atomic E-state index is -0.583. The Labute approximate surface area is 215 Å².